The standard InChI is InChI=1S/C28H31O7P.2Na/c1-15(2)20-13-23(17(5)11-25(20)29)28(22-10-8-7-9-19(22)27(30)34-28)24-14-21(16(3)4)26(12-18(24)6)35-36(31,32)33;;/h7-16,29H,1-6H3,(H2,31,32,33);;/q;2*+1/p-2. The second kappa shape index (κ2) is 12.2. The molecule has 38 heavy (non-hydrogen) atoms. The van der Waals surface area contributed by atoms with Crippen molar-refractivity contribution in [3.8, 4) is 11.5 Å². The molecule has 1 unspecified atom stereocenters. The van der Waals surface area contributed by atoms with Gasteiger partial charge in [0.2, 0.25) is 0 Å². The van der Waals surface area contributed by atoms with Gasteiger partial charge in [-0.2, -0.15) is 0 Å². The molecule has 0 amide bonds. The van der Waals surface area contributed by atoms with Crippen LogP contribution in [-0.2, 0) is 14.9 Å². The molecule has 0 aromatic heterocycles. The minimum Gasteiger partial charge on any atom is -0.780 e. The number of phosphoric ester groups is 1. The third-order valence-corrected chi connectivity index (χ3v) is 7.14. The van der Waals surface area contributed by atoms with Gasteiger partial charge in [0.05, 0.1) is 5.56 Å². The summed E-state index contributed by atoms with van der Waals surface area (Å²) in [7, 11) is -5.30. The largest absolute Gasteiger partial charge is 1.00 e. The quantitative estimate of drug-likeness (QED) is 0.234. The molecule has 0 aliphatic carbocycles. The third-order valence-electron chi connectivity index (χ3n) is 6.72. The van der Waals surface area contributed by atoms with Crippen LogP contribution >= 0.6 is 7.82 Å². The summed E-state index contributed by atoms with van der Waals surface area (Å²) < 4.78 is 22.5. The van der Waals surface area contributed by atoms with Crippen molar-refractivity contribution in [2.75, 3.05) is 0 Å². The van der Waals surface area contributed by atoms with Crippen molar-refractivity contribution >= 4 is 13.8 Å². The SMILES string of the molecule is Cc1cc(O)c(C(C)C)cc1C1(c2cc(C(C)C)c(OP(=O)([O-])[O-])cc2C)OC(=O)c2ccccc21.[Na+].[Na+]. The van der Waals surface area contributed by atoms with Crippen molar-refractivity contribution in [1.29, 1.82) is 0 Å². The normalized spacial score (nSPS) is 16.5. The van der Waals surface area contributed by atoms with Gasteiger partial charge >= 0.3 is 65.1 Å². The molecule has 7 nitrogen and oxygen atoms in total. The Kier molecular flexibility index (Phi) is 10.6. The Labute approximate surface area is 267 Å². The Morgan fingerprint density at radius 2 is 1.39 bits per heavy atom. The zero-order chi connectivity index (χ0) is 26.6. The summed E-state index contributed by atoms with van der Waals surface area (Å²) in [6.45, 7) is 11.2. The van der Waals surface area contributed by atoms with Crippen molar-refractivity contribution in [2.24, 2.45) is 0 Å². The maximum atomic E-state index is 13.2. The number of rotatable bonds is 6. The van der Waals surface area contributed by atoms with Crippen LogP contribution in [0.5, 0.6) is 11.5 Å². The molecule has 0 spiro atoms. The zero-order valence-corrected chi connectivity index (χ0v) is 28.0. The molecule has 0 saturated carbocycles. The first-order valence-electron chi connectivity index (χ1n) is 11.8. The van der Waals surface area contributed by atoms with Crippen molar-refractivity contribution in [3.63, 3.8) is 0 Å². The number of aromatic hydroxyl groups is 1. The minimum atomic E-state index is -5.30. The van der Waals surface area contributed by atoms with E-state index in [9.17, 15) is 24.3 Å². The van der Waals surface area contributed by atoms with E-state index in [0.717, 1.165) is 5.56 Å². The van der Waals surface area contributed by atoms with Crippen LogP contribution in [0.15, 0.2) is 48.5 Å². The second-order valence-electron chi connectivity index (χ2n) is 9.90. The van der Waals surface area contributed by atoms with E-state index in [2.05, 4.69) is 0 Å². The van der Waals surface area contributed by atoms with Crippen LogP contribution in [0.3, 0.4) is 0 Å². The molecule has 1 atom stereocenters. The average Bonchev–Trinajstić information content (AvgIpc) is 3.05. The number of phenolic OH excluding ortho intramolecular Hbond substituents is 1. The van der Waals surface area contributed by atoms with Gasteiger partial charge in [0.1, 0.15) is 19.3 Å². The van der Waals surface area contributed by atoms with E-state index in [1.54, 1.807) is 31.2 Å². The molecule has 10 heteroatoms. The van der Waals surface area contributed by atoms with E-state index >= 15 is 0 Å². The molecule has 190 valence electrons. The molecule has 4 rings (SSSR count). The van der Waals surface area contributed by atoms with Crippen LogP contribution < -0.4 is 73.4 Å². The number of hydrogen-bond donors (Lipinski definition) is 1. The number of phenols is 1. The number of carbonyl (C=O) groups is 1. The predicted molar refractivity (Wildman–Crippen MR) is 132 cm³/mol. The molecule has 3 aromatic rings. The maximum Gasteiger partial charge on any atom is 1.00 e. The molecule has 1 aliphatic heterocycles. The summed E-state index contributed by atoms with van der Waals surface area (Å²) in [6.07, 6.45) is 0. The summed E-state index contributed by atoms with van der Waals surface area (Å²) in [5.74, 6) is -0.581. The Morgan fingerprint density at radius 1 is 0.868 bits per heavy atom. The molecule has 0 fully saturated rings. The Balaban J connectivity index is 0.00000253. The first kappa shape index (κ1) is 33.1. The maximum absolute atomic E-state index is 13.2. The smallest absolute Gasteiger partial charge is 0.780 e. The van der Waals surface area contributed by atoms with E-state index in [4.69, 9.17) is 9.26 Å². The van der Waals surface area contributed by atoms with Crippen molar-refractivity contribution in [3.05, 3.63) is 93.0 Å². The first-order chi connectivity index (χ1) is 16.8. The number of esters is 1. The molecule has 0 bridgehead atoms. The van der Waals surface area contributed by atoms with Gasteiger partial charge in [0, 0.05) is 16.7 Å². The fraction of sp³-hybridized carbons (Fsp3) is 0.321. The van der Waals surface area contributed by atoms with Crippen molar-refractivity contribution < 1.29 is 92.6 Å². The van der Waals surface area contributed by atoms with Crippen LogP contribution in [0, 0.1) is 13.8 Å². The number of fused-ring (bicyclic) bond motifs is 1. The zero-order valence-electron chi connectivity index (χ0n) is 23.1. The molecular formula is C28H29Na2O7P. The molecule has 1 heterocycles. The summed E-state index contributed by atoms with van der Waals surface area (Å²) in [4.78, 5) is 36.1. The number of aryl methyl sites for hydroxylation is 2. The van der Waals surface area contributed by atoms with Crippen molar-refractivity contribution in [1.82, 2.24) is 0 Å². The van der Waals surface area contributed by atoms with Gasteiger partial charge in [0.25, 0.3) is 0 Å². The summed E-state index contributed by atoms with van der Waals surface area (Å²) >= 11 is 0. The van der Waals surface area contributed by atoms with Gasteiger partial charge in [-0.25, -0.2) is 4.79 Å². The number of carbonyl (C=O) groups excluding carboxylic acids is 1. The van der Waals surface area contributed by atoms with E-state index in [1.165, 1.54) is 6.07 Å². The van der Waals surface area contributed by atoms with Crippen LogP contribution in [-0.4, -0.2) is 11.1 Å². The fourth-order valence-electron chi connectivity index (χ4n) is 5.04. The predicted octanol–water partition coefficient (Wildman–Crippen LogP) is -1.07. The number of phosphoric acid groups is 1. The van der Waals surface area contributed by atoms with Gasteiger partial charge in [-0.15, -0.1) is 0 Å². The van der Waals surface area contributed by atoms with E-state index in [0.29, 0.717) is 38.9 Å². The Hall–Kier alpha value is -1.12. The summed E-state index contributed by atoms with van der Waals surface area (Å²) in [6, 6.07) is 13.9. The summed E-state index contributed by atoms with van der Waals surface area (Å²) in [5.41, 5.74) is 3.49. The van der Waals surface area contributed by atoms with Crippen molar-refractivity contribution in [2.45, 2.75) is 59.0 Å². The number of benzene rings is 3. The molecule has 1 N–H and O–H groups in total. The van der Waals surface area contributed by atoms with Gasteiger partial charge < -0.3 is 28.7 Å². The average molecular weight is 554 g/mol. The van der Waals surface area contributed by atoms with E-state index < -0.39 is 19.4 Å². The van der Waals surface area contributed by atoms with E-state index in [-0.39, 0.29) is 82.4 Å². The second-order valence-corrected chi connectivity index (χ2v) is 11.0. The minimum absolute atomic E-state index is 0. The van der Waals surface area contributed by atoms with Gasteiger partial charge in [-0.1, -0.05) is 45.9 Å². The first-order valence-corrected chi connectivity index (χ1v) is 13.3. The Bertz CT molecular complexity index is 1410. The monoisotopic (exact) mass is 554 g/mol. The topological polar surface area (TPSA) is 119 Å². The molecule has 3 aromatic carbocycles. The number of hydrogen-bond acceptors (Lipinski definition) is 7. The Morgan fingerprint density at radius 3 is 1.95 bits per heavy atom. The van der Waals surface area contributed by atoms with Gasteiger partial charge in [-0.05, 0) is 78.3 Å². The van der Waals surface area contributed by atoms with Gasteiger partial charge in [-0.3, -0.25) is 0 Å². The van der Waals surface area contributed by atoms with E-state index in [1.807, 2.05) is 52.8 Å². The number of cyclic esters (lactones) is 1. The third kappa shape index (κ3) is 5.97. The molecule has 1 aliphatic rings. The van der Waals surface area contributed by atoms with Crippen LogP contribution in [0.1, 0.15) is 88.8 Å². The van der Waals surface area contributed by atoms with Crippen LogP contribution in [0.2, 0.25) is 0 Å². The van der Waals surface area contributed by atoms with Crippen LogP contribution in [0.4, 0.5) is 0 Å². The fourth-order valence-corrected chi connectivity index (χ4v) is 5.44. The molecule has 0 radical (unpaired) electrons. The number of ether oxygens (including phenoxy) is 1. The van der Waals surface area contributed by atoms with Crippen LogP contribution in [0.25, 0.3) is 0 Å². The van der Waals surface area contributed by atoms with Gasteiger partial charge in [0.15, 0.2) is 5.60 Å². The molecule has 0 saturated heterocycles. The molecular weight excluding hydrogens is 525 g/mol. The summed E-state index contributed by atoms with van der Waals surface area (Å²) in [5, 5.41) is 10.6.